The molecule has 0 aliphatic carbocycles. The van der Waals surface area contributed by atoms with E-state index in [2.05, 4.69) is 4.98 Å². The van der Waals surface area contributed by atoms with Gasteiger partial charge in [-0.25, -0.2) is 8.42 Å². The van der Waals surface area contributed by atoms with Gasteiger partial charge in [0.05, 0.1) is 10.6 Å². The quantitative estimate of drug-likeness (QED) is 0.791. The molecule has 1 N–H and O–H groups in total. The fourth-order valence-electron chi connectivity index (χ4n) is 2.34. The van der Waals surface area contributed by atoms with Gasteiger partial charge in [-0.05, 0) is 41.5 Å². The van der Waals surface area contributed by atoms with E-state index < -0.39 is 10.0 Å². The second-order valence-corrected chi connectivity index (χ2v) is 7.23. The summed E-state index contributed by atoms with van der Waals surface area (Å²) in [6.07, 6.45) is 3.41. The van der Waals surface area contributed by atoms with Gasteiger partial charge in [-0.2, -0.15) is 0 Å². The van der Waals surface area contributed by atoms with E-state index in [0.29, 0.717) is 5.69 Å². The van der Waals surface area contributed by atoms with Gasteiger partial charge in [0.15, 0.2) is 0 Å². The Morgan fingerprint density at radius 3 is 2.33 bits per heavy atom. The maximum Gasteiger partial charge on any atom is 0.264 e. The Balaban J connectivity index is 1.93. The van der Waals surface area contributed by atoms with Crippen LogP contribution in [0.4, 0.5) is 5.69 Å². The van der Waals surface area contributed by atoms with Crippen LogP contribution < -0.4 is 4.31 Å². The molecule has 24 heavy (non-hydrogen) atoms. The van der Waals surface area contributed by atoms with Gasteiger partial charge in [0.1, 0.15) is 5.75 Å². The van der Waals surface area contributed by atoms with E-state index in [-0.39, 0.29) is 10.6 Å². The van der Waals surface area contributed by atoms with Crippen molar-refractivity contribution < 1.29 is 13.5 Å². The number of aromatic hydroxyl groups is 1. The lowest BCUT2D eigenvalue weighted by Gasteiger charge is -2.19. The number of aromatic nitrogens is 1. The molecule has 0 amide bonds. The number of pyridine rings is 1. The minimum atomic E-state index is -3.70. The summed E-state index contributed by atoms with van der Waals surface area (Å²) in [4.78, 5) is 4.24. The van der Waals surface area contributed by atoms with Crippen molar-refractivity contribution in [3.63, 3.8) is 0 Å². The predicted molar refractivity (Wildman–Crippen MR) is 93.4 cm³/mol. The van der Waals surface area contributed by atoms with Crippen molar-refractivity contribution in [3.8, 4) is 16.9 Å². The lowest BCUT2D eigenvalue weighted by atomic mass is 10.1. The van der Waals surface area contributed by atoms with Gasteiger partial charge >= 0.3 is 0 Å². The largest absolute Gasteiger partial charge is 0.508 e. The van der Waals surface area contributed by atoms with Crippen molar-refractivity contribution in [2.75, 3.05) is 11.4 Å². The Hall–Kier alpha value is -2.86. The zero-order valence-electron chi connectivity index (χ0n) is 13.0. The number of phenolic OH excluding ortho intramolecular Hbond substituents is 1. The topological polar surface area (TPSA) is 70.5 Å². The van der Waals surface area contributed by atoms with Gasteiger partial charge in [-0.15, -0.1) is 0 Å². The van der Waals surface area contributed by atoms with Gasteiger partial charge in [0.25, 0.3) is 10.0 Å². The molecule has 1 heterocycles. The highest BCUT2D eigenvalue weighted by Crippen LogP contribution is 2.26. The Morgan fingerprint density at radius 1 is 0.958 bits per heavy atom. The molecule has 3 rings (SSSR count). The number of phenols is 1. The van der Waals surface area contributed by atoms with Crippen LogP contribution in [0.3, 0.4) is 0 Å². The number of rotatable bonds is 4. The van der Waals surface area contributed by atoms with Crippen molar-refractivity contribution >= 4 is 15.7 Å². The van der Waals surface area contributed by atoms with Crippen LogP contribution in [-0.2, 0) is 10.0 Å². The smallest absolute Gasteiger partial charge is 0.264 e. The molecule has 0 fully saturated rings. The van der Waals surface area contributed by atoms with Crippen LogP contribution in [0.5, 0.6) is 5.75 Å². The molecular weight excluding hydrogens is 324 g/mol. The molecule has 0 unspecified atom stereocenters. The van der Waals surface area contributed by atoms with Gasteiger partial charge in [0.2, 0.25) is 0 Å². The third-order valence-electron chi connectivity index (χ3n) is 3.70. The zero-order valence-corrected chi connectivity index (χ0v) is 13.8. The summed E-state index contributed by atoms with van der Waals surface area (Å²) in [5, 5.41) is 9.53. The summed E-state index contributed by atoms with van der Waals surface area (Å²) in [5.41, 5.74) is 2.20. The van der Waals surface area contributed by atoms with E-state index in [1.807, 2.05) is 12.1 Å². The van der Waals surface area contributed by atoms with Crippen molar-refractivity contribution in [1.29, 1.82) is 0 Å². The maximum absolute atomic E-state index is 12.7. The molecule has 0 aliphatic rings. The average molecular weight is 340 g/mol. The summed E-state index contributed by atoms with van der Waals surface area (Å²) in [6, 6.07) is 16.5. The Labute approximate surface area is 140 Å². The van der Waals surface area contributed by atoms with Crippen LogP contribution in [0.1, 0.15) is 0 Å². The standard InChI is InChI=1S/C18H16N2O3S/c1-20(16-5-2-6-17(21)12-16)24(22,23)18-9-7-14(8-10-18)15-4-3-11-19-13-15/h2-13,21H,1H3. The molecule has 1 aromatic heterocycles. The molecule has 6 heteroatoms. The molecule has 0 saturated heterocycles. The highest BCUT2D eigenvalue weighted by atomic mass is 32.2. The summed E-state index contributed by atoms with van der Waals surface area (Å²) < 4.78 is 26.6. The van der Waals surface area contributed by atoms with Gasteiger partial charge in [-0.3, -0.25) is 9.29 Å². The molecule has 0 saturated carbocycles. The zero-order chi connectivity index (χ0) is 17.2. The molecule has 3 aromatic rings. The SMILES string of the molecule is CN(c1cccc(O)c1)S(=O)(=O)c1ccc(-c2cccnc2)cc1. The van der Waals surface area contributed by atoms with E-state index in [9.17, 15) is 13.5 Å². The number of benzene rings is 2. The van der Waals surface area contributed by atoms with Crippen LogP contribution in [0.2, 0.25) is 0 Å². The van der Waals surface area contributed by atoms with Gasteiger partial charge in [0, 0.05) is 25.5 Å². The van der Waals surface area contributed by atoms with E-state index >= 15 is 0 Å². The molecule has 122 valence electrons. The van der Waals surface area contributed by atoms with E-state index in [1.54, 1.807) is 48.8 Å². The summed E-state index contributed by atoms with van der Waals surface area (Å²) >= 11 is 0. The maximum atomic E-state index is 12.7. The second-order valence-electron chi connectivity index (χ2n) is 5.26. The van der Waals surface area contributed by atoms with Gasteiger partial charge in [-0.1, -0.05) is 24.3 Å². The minimum Gasteiger partial charge on any atom is -0.508 e. The number of hydrogen-bond acceptors (Lipinski definition) is 4. The van der Waals surface area contributed by atoms with Crippen molar-refractivity contribution in [2.24, 2.45) is 0 Å². The number of hydrogen-bond donors (Lipinski definition) is 1. The normalized spacial score (nSPS) is 11.2. The van der Waals surface area contributed by atoms with Crippen LogP contribution in [0.25, 0.3) is 11.1 Å². The van der Waals surface area contributed by atoms with Gasteiger partial charge < -0.3 is 5.11 Å². The summed E-state index contributed by atoms with van der Waals surface area (Å²) in [6.45, 7) is 0. The molecule has 0 aliphatic heterocycles. The first-order valence-corrected chi connectivity index (χ1v) is 8.71. The lowest BCUT2D eigenvalue weighted by molar-refractivity contribution is 0.475. The third-order valence-corrected chi connectivity index (χ3v) is 5.50. The Kier molecular flexibility index (Phi) is 4.22. The first kappa shape index (κ1) is 16.0. The number of sulfonamides is 1. The third kappa shape index (κ3) is 3.09. The highest BCUT2D eigenvalue weighted by molar-refractivity contribution is 7.92. The molecular formula is C18H16N2O3S. The first-order chi connectivity index (χ1) is 11.5. The van der Waals surface area contributed by atoms with Crippen LogP contribution in [0, 0.1) is 0 Å². The highest BCUT2D eigenvalue weighted by Gasteiger charge is 2.21. The molecule has 0 bridgehead atoms. The molecule has 0 radical (unpaired) electrons. The molecule has 0 atom stereocenters. The van der Waals surface area contributed by atoms with E-state index in [4.69, 9.17) is 0 Å². The summed E-state index contributed by atoms with van der Waals surface area (Å²) in [7, 11) is -2.24. The monoisotopic (exact) mass is 340 g/mol. The van der Waals surface area contributed by atoms with Crippen molar-refractivity contribution in [3.05, 3.63) is 73.1 Å². The Morgan fingerprint density at radius 2 is 1.71 bits per heavy atom. The van der Waals surface area contributed by atoms with Crippen LogP contribution in [0.15, 0.2) is 78.0 Å². The molecule has 5 nitrogen and oxygen atoms in total. The van der Waals surface area contributed by atoms with E-state index in [1.165, 1.54) is 19.2 Å². The minimum absolute atomic E-state index is 0.0153. The summed E-state index contributed by atoms with van der Waals surface area (Å²) in [5.74, 6) is 0.0153. The molecule has 0 spiro atoms. The second kappa shape index (κ2) is 6.33. The first-order valence-electron chi connectivity index (χ1n) is 7.27. The van der Waals surface area contributed by atoms with Crippen LogP contribution >= 0.6 is 0 Å². The number of nitrogens with zero attached hydrogens (tertiary/aromatic N) is 2. The lowest BCUT2D eigenvalue weighted by Crippen LogP contribution is -2.26. The van der Waals surface area contributed by atoms with Crippen LogP contribution in [-0.4, -0.2) is 25.6 Å². The fourth-order valence-corrected chi connectivity index (χ4v) is 3.53. The van der Waals surface area contributed by atoms with Crippen molar-refractivity contribution in [2.45, 2.75) is 4.90 Å². The van der Waals surface area contributed by atoms with Crippen molar-refractivity contribution in [1.82, 2.24) is 4.98 Å². The van der Waals surface area contributed by atoms with E-state index in [0.717, 1.165) is 15.4 Å². The predicted octanol–water partition coefficient (Wildman–Crippen LogP) is 3.28. The number of anilines is 1. The Bertz CT molecular complexity index is 940. The molecule has 2 aromatic carbocycles. The average Bonchev–Trinajstić information content (AvgIpc) is 2.62. The fraction of sp³-hybridized carbons (Fsp3) is 0.0556.